The summed E-state index contributed by atoms with van der Waals surface area (Å²) in [5.41, 5.74) is 6.75. The lowest BCUT2D eigenvalue weighted by Crippen LogP contribution is -2.31. The monoisotopic (exact) mass is 194 g/mol. The Bertz CT molecular complexity index is 275. The molecule has 0 aliphatic carbocycles. The van der Waals surface area contributed by atoms with Gasteiger partial charge >= 0.3 is 0 Å². The first-order valence-corrected chi connectivity index (χ1v) is 5.34. The van der Waals surface area contributed by atoms with Gasteiger partial charge in [-0.15, -0.1) is 0 Å². The number of rotatable bonds is 3. The van der Waals surface area contributed by atoms with E-state index in [0.29, 0.717) is 12.6 Å². The topological polar surface area (TPSA) is 55.9 Å². The van der Waals surface area contributed by atoms with Crippen LogP contribution in [0, 0.1) is 0 Å². The SMILES string of the molecule is NCCc1cnn(C2CCCNC2)c1. The molecule has 1 aromatic heterocycles. The maximum absolute atomic E-state index is 5.50. The molecule has 1 aliphatic heterocycles. The summed E-state index contributed by atoms with van der Waals surface area (Å²) in [6, 6.07) is 0.537. The van der Waals surface area contributed by atoms with Gasteiger partial charge in [-0.3, -0.25) is 4.68 Å². The minimum atomic E-state index is 0.537. The normalized spacial score (nSPS) is 22.5. The van der Waals surface area contributed by atoms with Crippen molar-refractivity contribution in [3.63, 3.8) is 0 Å². The zero-order valence-corrected chi connectivity index (χ0v) is 8.45. The lowest BCUT2D eigenvalue weighted by Gasteiger charge is -2.22. The molecule has 0 bridgehead atoms. The average Bonchev–Trinajstić information content (AvgIpc) is 2.68. The Morgan fingerprint density at radius 2 is 2.57 bits per heavy atom. The van der Waals surface area contributed by atoms with Crippen LogP contribution in [-0.2, 0) is 6.42 Å². The zero-order chi connectivity index (χ0) is 9.80. The maximum Gasteiger partial charge on any atom is 0.0644 e. The number of aromatic nitrogens is 2. The van der Waals surface area contributed by atoms with Crippen molar-refractivity contribution in [3.05, 3.63) is 18.0 Å². The third-order valence-electron chi connectivity index (χ3n) is 2.73. The predicted molar refractivity (Wildman–Crippen MR) is 56.1 cm³/mol. The molecule has 4 nitrogen and oxygen atoms in total. The summed E-state index contributed by atoms with van der Waals surface area (Å²) in [5.74, 6) is 0. The molecule has 0 radical (unpaired) electrons. The largest absolute Gasteiger partial charge is 0.330 e. The fourth-order valence-electron chi connectivity index (χ4n) is 1.93. The number of nitrogens with one attached hydrogen (secondary N) is 1. The van der Waals surface area contributed by atoms with Gasteiger partial charge in [0.15, 0.2) is 0 Å². The number of hydrogen-bond donors (Lipinski definition) is 2. The van der Waals surface area contributed by atoms with E-state index in [1.165, 1.54) is 18.4 Å². The Morgan fingerprint density at radius 1 is 1.64 bits per heavy atom. The third kappa shape index (κ3) is 2.13. The predicted octanol–water partition coefficient (Wildman–Crippen LogP) is 0.309. The first-order chi connectivity index (χ1) is 6.90. The van der Waals surface area contributed by atoms with Gasteiger partial charge in [-0.05, 0) is 37.9 Å². The Labute approximate surface area is 84.5 Å². The molecule has 0 amide bonds. The molecule has 1 atom stereocenters. The second-order valence-corrected chi connectivity index (χ2v) is 3.87. The maximum atomic E-state index is 5.50. The molecular formula is C10H18N4. The smallest absolute Gasteiger partial charge is 0.0644 e. The van der Waals surface area contributed by atoms with Crippen LogP contribution in [0.3, 0.4) is 0 Å². The van der Waals surface area contributed by atoms with Crippen LogP contribution in [0.15, 0.2) is 12.4 Å². The summed E-state index contributed by atoms with van der Waals surface area (Å²) in [6.45, 7) is 2.89. The lowest BCUT2D eigenvalue weighted by atomic mass is 10.1. The summed E-state index contributed by atoms with van der Waals surface area (Å²) in [6.07, 6.45) is 7.47. The molecule has 0 aromatic carbocycles. The van der Waals surface area contributed by atoms with Crippen molar-refractivity contribution in [3.8, 4) is 0 Å². The van der Waals surface area contributed by atoms with E-state index in [2.05, 4.69) is 21.3 Å². The van der Waals surface area contributed by atoms with Crippen molar-refractivity contribution in [1.82, 2.24) is 15.1 Å². The first kappa shape index (κ1) is 9.68. The highest BCUT2D eigenvalue weighted by Gasteiger charge is 2.15. The van der Waals surface area contributed by atoms with Crippen molar-refractivity contribution in [1.29, 1.82) is 0 Å². The quantitative estimate of drug-likeness (QED) is 0.728. The number of nitrogens with two attached hydrogens (primary N) is 1. The second kappa shape index (κ2) is 4.57. The van der Waals surface area contributed by atoms with Gasteiger partial charge in [0, 0.05) is 12.7 Å². The van der Waals surface area contributed by atoms with E-state index in [1.54, 1.807) is 0 Å². The summed E-state index contributed by atoms with van der Waals surface area (Å²) < 4.78 is 2.08. The standard InChI is InChI=1S/C10H18N4/c11-4-3-9-6-13-14(8-9)10-2-1-5-12-7-10/h6,8,10,12H,1-5,7,11H2. The average molecular weight is 194 g/mol. The van der Waals surface area contributed by atoms with Gasteiger partial charge < -0.3 is 11.1 Å². The van der Waals surface area contributed by atoms with Crippen molar-refractivity contribution in [2.24, 2.45) is 5.73 Å². The van der Waals surface area contributed by atoms with Crippen molar-refractivity contribution in [2.45, 2.75) is 25.3 Å². The minimum absolute atomic E-state index is 0.537. The van der Waals surface area contributed by atoms with Gasteiger partial charge in [0.25, 0.3) is 0 Å². The number of hydrogen-bond acceptors (Lipinski definition) is 3. The van der Waals surface area contributed by atoms with Crippen molar-refractivity contribution >= 4 is 0 Å². The Kier molecular flexibility index (Phi) is 3.16. The van der Waals surface area contributed by atoms with E-state index in [-0.39, 0.29) is 0 Å². The Balaban J connectivity index is 2.00. The molecule has 4 heteroatoms. The van der Waals surface area contributed by atoms with E-state index < -0.39 is 0 Å². The van der Waals surface area contributed by atoms with E-state index in [4.69, 9.17) is 5.73 Å². The van der Waals surface area contributed by atoms with Gasteiger partial charge in [0.05, 0.1) is 12.2 Å². The van der Waals surface area contributed by atoms with Crippen LogP contribution in [0.1, 0.15) is 24.4 Å². The summed E-state index contributed by atoms with van der Waals surface area (Å²) in [4.78, 5) is 0. The molecule has 2 rings (SSSR count). The van der Waals surface area contributed by atoms with Crippen LogP contribution >= 0.6 is 0 Å². The lowest BCUT2D eigenvalue weighted by molar-refractivity contribution is 0.346. The summed E-state index contributed by atoms with van der Waals surface area (Å²) in [7, 11) is 0. The van der Waals surface area contributed by atoms with E-state index >= 15 is 0 Å². The minimum Gasteiger partial charge on any atom is -0.330 e. The fourth-order valence-corrected chi connectivity index (χ4v) is 1.93. The molecule has 78 valence electrons. The Morgan fingerprint density at radius 3 is 3.29 bits per heavy atom. The van der Waals surface area contributed by atoms with E-state index in [0.717, 1.165) is 19.5 Å². The molecule has 1 aromatic rings. The third-order valence-corrected chi connectivity index (χ3v) is 2.73. The van der Waals surface area contributed by atoms with Crippen LogP contribution in [0.25, 0.3) is 0 Å². The molecular weight excluding hydrogens is 176 g/mol. The molecule has 14 heavy (non-hydrogen) atoms. The second-order valence-electron chi connectivity index (χ2n) is 3.87. The first-order valence-electron chi connectivity index (χ1n) is 5.34. The fraction of sp³-hybridized carbons (Fsp3) is 0.700. The summed E-state index contributed by atoms with van der Waals surface area (Å²) in [5, 5.41) is 7.77. The van der Waals surface area contributed by atoms with Gasteiger partial charge in [0.2, 0.25) is 0 Å². The van der Waals surface area contributed by atoms with Crippen LogP contribution in [0.2, 0.25) is 0 Å². The molecule has 2 heterocycles. The van der Waals surface area contributed by atoms with Crippen molar-refractivity contribution < 1.29 is 0 Å². The highest BCUT2D eigenvalue weighted by atomic mass is 15.3. The molecule has 0 spiro atoms. The van der Waals surface area contributed by atoms with Crippen LogP contribution in [0.5, 0.6) is 0 Å². The molecule has 0 saturated carbocycles. The molecule has 1 aliphatic rings. The zero-order valence-electron chi connectivity index (χ0n) is 8.45. The highest BCUT2D eigenvalue weighted by Crippen LogP contribution is 2.15. The van der Waals surface area contributed by atoms with Crippen LogP contribution < -0.4 is 11.1 Å². The van der Waals surface area contributed by atoms with Crippen molar-refractivity contribution in [2.75, 3.05) is 19.6 Å². The van der Waals surface area contributed by atoms with Gasteiger partial charge in [-0.1, -0.05) is 0 Å². The van der Waals surface area contributed by atoms with E-state index in [9.17, 15) is 0 Å². The van der Waals surface area contributed by atoms with Crippen LogP contribution in [-0.4, -0.2) is 29.4 Å². The molecule has 1 fully saturated rings. The van der Waals surface area contributed by atoms with E-state index in [1.807, 2.05) is 6.20 Å². The van der Waals surface area contributed by atoms with Gasteiger partial charge in [0.1, 0.15) is 0 Å². The van der Waals surface area contributed by atoms with Gasteiger partial charge in [-0.2, -0.15) is 5.10 Å². The number of nitrogens with zero attached hydrogens (tertiary/aromatic N) is 2. The van der Waals surface area contributed by atoms with Crippen LogP contribution in [0.4, 0.5) is 0 Å². The Hall–Kier alpha value is -0.870. The van der Waals surface area contributed by atoms with Gasteiger partial charge in [-0.25, -0.2) is 0 Å². The summed E-state index contributed by atoms with van der Waals surface area (Å²) >= 11 is 0. The molecule has 1 unspecified atom stereocenters. The number of piperidine rings is 1. The molecule has 3 N–H and O–H groups in total. The molecule has 1 saturated heterocycles. The highest BCUT2D eigenvalue weighted by molar-refractivity contribution is 5.05.